The second-order valence-electron chi connectivity index (χ2n) is 18.6. The molecule has 17 heteroatoms. The van der Waals surface area contributed by atoms with E-state index in [0.717, 1.165) is 93.0 Å². The smallest absolute Gasteiger partial charge is 0.255 e. The van der Waals surface area contributed by atoms with Crippen LogP contribution in [0.5, 0.6) is 5.75 Å². The van der Waals surface area contributed by atoms with Gasteiger partial charge in [0.05, 0.1) is 24.7 Å². The van der Waals surface area contributed by atoms with Crippen molar-refractivity contribution in [3.8, 4) is 5.75 Å². The zero-order valence-corrected chi connectivity index (χ0v) is 40.8. The highest BCUT2D eigenvalue weighted by Gasteiger charge is 2.40. The molecule has 1 atom stereocenters. The number of aromatic nitrogens is 2. The van der Waals surface area contributed by atoms with Crippen LogP contribution in [0.15, 0.2) is 66.9 Å². The molecule has 67 heavy (non-hydrogen) atoms. The molecule has 5 heterocycles. The van der Waals surface area contributed by atoms with Crippen molar-refractivity contribution in [2.45, 2.75) is 89.3 Å². The summed E-state index contributed by atoms with van der Waals surface area (Å²) in [6.07, 6.45) is 13.0. The van der Waals surface area contributed by atoms with Gasteiger partial charge in [0, 0.05) is 98.7 Å². The van der Waals surface area contributed by atoms with E-state index in [1.807, 2.05) is 48.5 Å². The van der Waals surface area contributed by atoms with Gasteiger partial charge in [0.25, 0.3) is 5.91 Å². The first-order valence-electron chi connectivity index (χ1n) is 24.1. The number of piperidine rings is 2. The number of hydrogen-bond donors (Lipinski definition) is 4. The van der Waals surface area contributed by atoms with E-state index in [-0.39, 0.29) is 24.1 Å². The maximum atomic E-state index is 13.1. The normalized spacial score (nSPS) is 18.5. The average Bonchev–Trinajstić information content (AvgIpc) is 3.66. The molecule has 4 aliphatic rings. The van der Waals surface area contributed by atoms with Gasteiger partial charge in [-0.1, -0.05) is 61.9 Å². The lowest BCUT2D eigenvalue weighted by Gasteiger charge is -2.43. The van der Waals surface area contributed by atoms with Crippen molar-refractivity contribution < 1.29 is 23.7 Å². The fraction of sp³-hybridized carbons (Fsp3) is 0.500. The second-order valence-corrected chi connectivity index (χ2v) is 22.2. The summed E-state index contributed by atoms with van der Waals surface area (Å²) in [4.78, 5) is 55.7. The number of carbonyl (C=O) groups is 3. The molecule has 3 fully saturated rings. The number of amides is 3. The predicted molar refractivity (Wildman–Crippen MR) is 269 cm³/mol. The molecule has 8 rings (SSSR count). The Morgan fingerprint density at radius 2 is 1.55 bits per heavy atom. The molecule has 1 aromatic heterocycles. The zero-order valence-electron chi connectivity index (χ0n) is 39.2. The van der Waals surface area contributed by atoms with Crippen LogP contribution in [0, 0.1) is 0 Å². The minimum atomic E-state index is -2.54. The van der Waals surface area contributed by atoms with Gasteiger partial charge in [-0.2, -0.15) is 4.98 Å². The average molecular weight is 954 g/mol. The molecule has 4 N–H and O–H groups in total. The molecule has 358 valence electrons. The summed E-state index contributed by atoms with van der Waals surface area (Å²) >= 11 is 6.50. The van der Waals surface area contributed by atoms with Crippen molar-refractivity contribution >= 4 is 76.3 Å². The van der Waals surface area contributed by atoms with Gasteiger partial charge < -0.3 is 40.0 Å². The number of para-hydroxylation sites is 1. The standard InChI is InChI=1S/C50H66ClN10O5P/c1-66-44-32-36(18-19-41(44)55-50-53-33-39(51)47(57-50)54-42-15-9-10-17-45(42)67(2,3)65)59-26-22-35(23-27-59)60-30-28-58(29-31-60)25-12-8-6-4-5-7-11-24-52-40-16-13-14-37-38(40)34-61(49(37)64)43-20-21-46(62)56-48(43)63/h9-10,13-19,32-33,35,43,52H,4-8,11-12,20-31,34H2,1-3H3,(H,56,62,63)(H2,53,54,55,57). The van der Waals surface area contributed by atoms with Gasteiger partial charge in [0.15, 0.2) is 5.82 Å². The number of nitrogens with zero attached hydrogens (tertiary/aromatic N) is 6. The Morgan fingerprint density at radius 1 is 0.821 bits per heavy atom. The van der Waals surface area contributed by atoms with Crippen molar-refractivity contribution in [1.82, 2.24) is 30.0 Å². The molecule has 3 amide bonds. The molecular weight excluding hydrogens is 887 g/mol. The Balaban J connectivity index is 0.691. The van der Waals surface area contributed by atoms with Crippen LogP contribution in [0.4, 0.5) is 34.5 Å². The van der Waals surface area contributed by atoms with Crippen LogP contribution in [0.1, 0.15) is 86.6 Å². The minimum absolute atomic E-state index is 0.135. The number of nitrogens with one attached hydrogen (secondary N) is 4. The predicted octanol–water partition coefficient (Wildman–Crippen LogP) is 8.06. The summed E-state index contributed by atoms with van der Waals surface area (Å²) in [5, 5.41) is 13.6. The second kappa shape index (κ2) is 22.3. The van der Waals surface area contributed by atoms with Crippen LogP contribution in [0.3, 0.4) is 0 Å². The van der Waals surface area contributed by atoms with Crippen LogP contribution >= 0.6 is 18.7 Å². The van der Waals surface area contributed by atoms with Crippen LogP contribution in [0.25, 0.3) is 0 Å². The first-order valence-corrected chi connectivity index (χ1v) is 27.0. The topological polar surface area (TPSA) is 164 Å². The molecule has 4 aliphatic heterocycles. The van der Waals surface area contributed by atoms with Crippen molar-refractivity contribution in [2.75, 3.05) is 93.6 Å². The zero-order chi connectivity index (χ0) is 46.9. The maximum Gasteiger partial charge on any atom is 0.255 e. The van der Waals surface area contributed by atoms with E-state index in [2.05, 4.69) is 58.1 Å². The molecule has 0 radical (unpaired) electrons. The van der Waals surface area contributed by atoms with Gasteiger partial charge in [-0.3, -0.25) is 24.6 Å². The lowest BCUT2D eigenvalue weighted by atomic mass is 10.0. The highest BCUT2D eigenvalue weighted by molar-refractivity contribution is 7.70. The number of anilines is 6. The summed E-state index contributed by atoms with van der Waals surface area (Å²) in [5.41, 5.74) is 5.13. The van der Waals surface area contributed by atoms with Crippen molar-refractivity contribution in [3.05, 3.63) is 83.0 Å². The van der Waals surface area contributed by atoms with E-state index in [9.17, 15) is 18.9 Å². The first-order chi connectivity index (χ1) is 32.4. The third-order valence-electron chi connectivity index (χ3n) is 13.7. The number of benzene rings is 3. The van der Waals surface area contributed by atoms with Gasteiger partial charge in [-0.05, 0) is 88.4 Å². The molecule has 4 aromatic rings. The number of unbranched alkanes of at least 4 members (excludes halogenated alkanes) is 6. The van der Waals surface area contributed by atoms with Gasteiger partial charge in [0.1, 0.15) is 24.0 Å². The highest BCUT2D eigenvalue weighted by atomic mass is 35.5. The number of hydrogen-bond acceptors (Lipinski definition) is 13. The maximum absolute atomic E-state index is 13.1. The van der Waals surface area contributed by atoms with Gasteiger partial charge >= 0.3 is 0 Å². The third kappa shape index (κ3) is 12.1. The molecule has 1 unspecified atom stereocenters. The van der Waals surface area contributed by atoms with E-state index in [4.69, 9.17) is 16.3 Å². The van der Waals surface area contributed by atoms with Crippen molar-refractivity contribution in [1.29, 1.82) is 0 Å². The van der Waals surface area contributed by atoms with Crippen LogP contribution in [-0.4, -0.2) is 127 Å². The molecule has 0 spiro atoms. The summed E-state index contributed by atoms with van der Waals surface area (Å²) in [6, 6.07) is 19.5. The van der Waals surface area contributed by atoms with Crippen LogP contribution in [0.2, 0.25) is 5.02 Å². The van der Waals surface area contributed by atoms with Crippen LogP contribution in [-0.2, 0) is 20.7 Å². The fourth-order valence-electron chi connectivity index (χ4n) is 9.95. The summed E-state index contributed by atoms with van der Waals surface area (Å²) in [7, 11) is -0.867. The Hall–Kier alpha value is -5.21. The van der Waals surface area contributed by atoms with Gasteiger partial charge in [0.2, 0.25) is 17.8 Å². The van der Waals surface area contributed by atoms with Crippen molar-refractivity contribution in [2.24, 2.45) is 0 Å². The highest BCUT2D eigenvalue weighted by Crippen LogP contribution is 2.39. The largest absolute Gasteiger partial charge is 0.494 e. The molecule has 15 nitrogen and oxygen atoms in total. The number of halogens is 1. The fourth-order valence-corrected chi connectivity index (χ4v) is 11.2. The number of carbonyl (C=O) groups excluding carboxylic acids is 3. The quantitative estimate of drug-likeness (QED) is 0.0383. The molecule has 0 bridgehead atoms. The number of methoxy groups -OCH3 is 1. The SMILES string of the molecule is COc1cc(N2CCC(N3CCN(CCCCCCCCCNc4cccc5c4CN(C4CCC(=O)NC4=O)C5=O)CC3)CC2)ccc1Nc1ncc(Cl)c(Nc2ccccc2P(C)(C)=O)n1. The Labute approximate surface area is 400 Å². The molecule has 3 aromatic carbocycles. The molecular formula is C50H66ClN10O5P. The number of ether oxygens (including phenoxy) is 1. The Morgan fingerprint density at radius 3 is 2.30 bits per heavy atom. The van der Waals surface area contributed by atoms with Gasteiger partial charge in [-0.25, -0.2) is 4.98 Å². The summed E-state index contributed by atoms with van der Waals surface area (Å²) < 4.78 is 18.8. The lowest BCUT2D eigenvalue weighted by molar-refractivity contribution is -0.136. The van der Waals surface area contributed by atoms with E-state index < -0.39 is 13.2 Å². The molecule has 0 saturated carbocycles. The monoisotopic (exact) mass is 952 g/mol. The van der Waals surface area contributed by atoms with Crippen LogP contribution < -0.4 is 36.2 Å². The summed E-state index contributed by atoms with van der Waals surface area (Å²) in [6.45, 7) is 12.5. The van der Waals surface area contributed by atoms with E-state index >= 15 is 0 Å². The number of fused-ring (bicyclic) bond motifs is 1. The van der Waals surface area contributed by atoms with Crippen molar-refractivity contribution in [3.63, 3.8) is 0 Å². The van der Waals surface area contributed by atoms with E-state index in [0.29, 0.717) is 52.8 Å². The molecule has 3 saturated heterocycles. The van der Waals surface area contributed by atoms with E-state index in [1.54, 1.807) is 31.5 Å². The number of piperazine rings is 1. The summed E-state index contributed by atoms with van der Waals surface area (Å²) in [5.74, 6) is 0.693. The minimum Gasteiger partial charge on any atom is -0.494 e. The third-order valence-corrected chi connectivity index (χ3v) is 15.5. The first kappa shape index (κ1) is 48.3. The Kier molecular flexibility index (Phi) is 16.0. The van der Waals surface area contributed by atoms with Gasteiger partial charge in [-0.15, -0.1) is 0 Å². The Bertz CT molecular complexity index is 2440. The lowest BCUT2D eigenvalue weighted by Crippen LogP contribution is -2.53. The number of imide groups is 1. The number of rotatable bonds is 20. The molecule has 0 aliphatic carbocycles. The van der Waals surface area contributed by atoms with E-state index in [1.165, 1.54) is 45.1 Å².